The molecule has 3 aromatic rings. The van der Waals surface area contributed by atoms with Crippen molar-refractivity contribution in [2.75, 3.05) is 7.05 Å². The van der Waals surface area contributed by atoms with Crippen LogP contribution < -0.4 is 0 Å². The Morgan fingerprint density at radius 3 is 2.31 bits per heavy atom. The molecule has 0 spiro atoms. The molecule has 4 nitrogen and oxygen atoms in total. The Labute approximate surface area is 158 Å². The van der Waals surface area contributed by atoms with Gasteiger partial charge in [-0.15, -0.1) is 0 Å². The minimum atomic E-state index is -3.63. The predicted octanol–water partition coefficient (Wildman–Crippen LogP) is 4.36. The molecule has 0 saturated heterocycles. The largest absolute Gasteiger partial charge is 0.508 e. The number of hydrogen-bond donors (Lipinski definition) is 1. The van der Waals surface area contributed by atoms with Gasteiger partial charge in [-0.2, -0.15) is 4.31 Å². The maximum atomic E-state index is 12.9. The van der Waals surface area contributed by atoms with Gasteiger partial charge in [0.1, 0.15) is 5.75 Å². The van der Waals surface area contributed by atoms with Crippen molar-refractivity contribution in [1.29, 1.82) is 0 Å². The molecule has 0 aliphatic heterocycles. The molecule has 0 fully saturated rings. The molecule has 0 unspecified atom stereocenters. The van der Waals surface area contributed by atoms with E-state index in [1.54, 1.807) is 42.5 Å². The van der Waals surface area contributed by atoms with Gasteiger partial charge >= 0.3 is 0 Å². The third-order valence-corrected chi connectivity index (χ3v) is 6.61. The summed E-state index contributed by atoms with van der Waals surface area (Å²) in [4.78, 5) is 2.17. The van der Waals surface area contributed by atoms with Crippen LogP contribution in [-0.4, -0.2) is 24.9 Å². The van der Waals surface area contributed by atoms with Crippen molar-refractivity contribution in [3.05, 3.63) is 84.4 Å². The van der Waals surface area contributed by atoms with Gasteiger partial charge in [0, 0.05) is 23.4 Å². The molecule has 0 saturated carbocycles. The van der Waals surface area contributed by atoms with Crippen LogP contribution in [0.25, 0.3) is 0 Å². The molecule has 3 rings (SSSR count). The normalized spacial score (nSPS) is 11.6. The predicted molar refractivity (Wildman–Crippen MR) is 104 cm³/mol. The highest BCUT2D eigenvalue weighted by atomic mass is 32.2. The van der Waals surface area contributed by atoms with E-state index in [2.05, 4.69) is 0 Å². The fourth-order valence-electron chi connectivity index (χ4n) is 2.50. The van der Waals surface area contributed by atoms with Crippen LogP contribution in [0.2, 0.25) is 0 Å². The second kappa shape index (κ2) is 7.95. The smallest absolute Gasteiger partial charge is 0.243 e. The Hall–Kier alpha value is -2.28. The molecule has 0 aliphatic carbocycles. The summed E-state index contributed by atoms with van der Waals surface area (Å²) in [6.07, 6.45) is 0. The van der Waals surface area contributed by atoms with Crippen molar-refractivity contribution in [1.82, 2.24) is 4.31 Å². The molecule has 3 aromatic carbocycles. The first-order valence-electron chi connectivity index (χ1n) is 8.02. The van der Waals surface area contributed by atoms with E-state index in [-0.39, 0.29) is 17.2 Å². The summed E-state index contributed by atoms with van der Waals surface area (Å²) in [6.45, 7) is 0.187. The van der Waals surface area contributed by atoms with Gasteiger partial charge in [-0.1, -0.05) is 48.2 Å². The highest BCUT2D eigenvalue weighted by Crippen LogP contribution is 2.29. The number of phenols is 1. The van der Waals surface area contributed by atoms with Crippen molar-refractivity contribution in [2.45, 2.75) is 21.2 Å². The SMILES string of the molecule is CN(Cc1cccc(O)c1)S(=O)(=O)c1cccc(Sc2ccccc2)c1. The summed E-state index contributed by atoms with van der Waals surface area (Å²) in [5.41, 5.74) is 0.728. The van der Waals surface area contributed by atoms with Crippen LogP contribution in [-0.2, 0) is 16.6 Å². The second-order valence-corrected chi connectivity index (χ2v) is 9.01. The molecule has 0 aliphatic rings. The summed E-state index contributed by atoms with van der Waals surface area (Å²) < 4.78 is 27.0. The molecule has 0 radical (unpaired) electrons. The number of aromatic hydroxyl groups is 1. The molecular formula is C20H19NO3S2. The highest BCUT2D eigenvalue weighted by Gasteiger charge is 2.21. The summed E-state index contributed by atoms with van der Waals surface area (Å²) >= 11 is 1.52. The Morgan fingerprint density at radius 1 is 0.885 bits per heavy atom. The topological polar surface area (TPSA) is 57.6 Å². The minimum Gasteiger partial charge on any atom is -0.508 e. The zero-order chi connectivity index (χ0) is 18.6. The van der Waals surface area contributed by atoms with Crippen LogP contribution >= 0.6 is 11.8 Å². The quantitative estimate of drug-likeness (QED) is 0.685. The van der Waals surface area contributed by atoms with Crippen LogP contribution in [0.1, 0.15) is 5.56 Å². The van der Waals surface area contributed by atoms with Crippen molar-refractivity contribution >= 4 is 21.8 Å². The molecule has 1 N–H and O–H groups in total. The average molecular weight is 386 g/mol. The van der Waals surface area contributed by atoms with E-state index in [9.17, 15) is 13.5 Å². The highest BCUT2D eigenvalue weighted by molar-refractivity contribution is 7.99. The lowest BCUT2D eigenvalue weighted by atomic mass is 10.2. The van der Waals surface area contributed by atoms with E-state index >= 15 is 0 Å². The van der Waals surface area contributed by atoms with E-state index in [0.29, 0.717) is 0 Å². The molecule has 0 amide bonds. The number of hydrogen-bond acceptors (Lipinski definition) is 4. The maximum absolute atomic E-state index is 12.9. The van der Waals surface area contributed by atoms with Gasteiger partial charge in [-0.05, 0) is 48.0 Å². The summed E-state index contributed by atoms with van der Waals surface area (Å²) in [5, 5.41) is 9.55. The molecule has 0 aromatic heterocycles. The minimum absolute atomic E-state index is 0.120. The fraction of sp³-hybridized carbons (Fsp3) is 0.100. The van der Waals surface area contributed by atoms with Gasteiger partial charge in [-0.25, -0.2) is 8.42 Å². The number of phenolic OH excluding ortho intramolecular Hbond substituents is 1. The van der Waals surface area contributed by atoms with Crippen LogP contribution in [0, 0.1) is 0 Å². The lowest BCUT2D eigenvalue weighted by Gasteiger charge is -2.18. The lowest BCUT2D eigenvalue weighted by molar-refractivity contribution is 0.458. The van der Waals surface area contributed by atoms with Crippen molar-refractivity contribution in [3.63, 3.8) is 0 Å². The third-order valence-electron chi connectivity index (χ3n) is 3.81. The summed E-state index contributed by atoms with van der Waals surface area (Å²) in [7, 11) is -2.09. The van der Waals surface area contributed by atoms with Gasteiger partial charge in [0.2, 0.25) is 10.0 Å². The molecule has 134 valence electrons. The summed E-state index contributed by atoms with van der Waals surface area (Å²) in [5.74, 6) is 0.120. The maximum Gasteiger partial charge on any atom is 0.243 e. The van der Waals surface area contributed by atoms with E-state index in [1.807, 2.05) is 36.4 Å². The van der Waals surface area contributed by atoms with Crippen LogP contribution in [0.4, 0.5) is 0 Å². The number of nitrogens with zero attached hydrogens (tertiary/aromatic N) is 1. The number of benzene rings is 3. The Morgan fingerprint density at radius 2 is 1.58 bits per heavy atom. The lowest BCUT2D eigenvalue weighted by Crippen LogP contribution is -2.26. The zero-order valence-corrected chi connectivity index (χ0v) is 15.9. The second-order valence-electron chi connectivity index (χ2n) is 5.82. The fourth-order valence-corrected chi connectivity index (χ4v) is 4.68. The first-order chi connectivity index (χ1) is 12.4. The monoisotopic (exact) mass is 385 g/mol. The van der Waals surface area contributed by atoms with Crippen LogP contribution in [0.15, 0.2) is 93.5 Å². The number of sulfonamides is 1. The standard InChI is InChI=1S/C20H19NO3S2/c1-21(15-16-7-5-8-17(22)13-16)26(23,24)20-12-6-11-19(14-20)25-18-9-3-2-4-10-18/h2-14,22H,15H2,1H3. The molecule has 6 heteroatoms. The van der Waals surface area contributed by atoms with Gasteiger partial charge in [-0.3, -0.25) is 0 Å². The molecular weight excluding hydrogens is 366 g/mol. The van der Waals surface area contributed by atoms with Crippen LogP contribution in [0.3, 0.4) is 0 Å². The van der Waals surface area contributed by atoms with Crippen molar-refractivity contribution in [2.24, 2.45) is 0 Å². The van der Waals surface area contributed by atoms with E-state index in [1.165, 1.54) is 23.1 Å². The molecule has 0 heterocycles. The molecule has 26 heavy (non-hydrogen) atoms. The van der Waals surface area contributed by atoms with E-state index in [0.717, 1.165) is 15.4 Å². The van der Waals surface area contributed by atoms with Crippen molar-refractivity contribution in [3.8, 4) is 5.75 Å². The van der Waals surface area contributed by atoms with E-state index in [4.69, 9.17) is 0 Å². The number of rotatable bonds is 6. The Balaban J connectivity index is 1.81. The van der Waals surface area contributed by atoms with Crippen molar-refractivity contribution < 1.29 is 13.5 Å². The zero-order valence-electron chi connectivity index (χ0n) is 14.2. The first kappa shape index (κ1) is 18.5. The molecule has 0 bridgehead atoms. The summed E-state index contributed by atoms with van der Waals surface area (Å²) in [6, 6.07) is 23.4. The molecule has 0 atom stereocenters. The third kappa shape index (κ3) is 4.46. The Bertz CT molecular complexity index is 989. The van der Waals surface area contributed by atoms with Crippen LogP contribution in [0.5, 0.6) is 5.75 Å². The Kier molecular flexibility index (Phi) is 5.66. The van der Waals surface area contributed by atoms with Gasteiger partial charge in [0.15, 0.2) is 0 Å². The van der Waals surface area contributed by atoms with Gasteiger partial charge in [0.05, 0.1) is 4.90 Å². The average Bonchev–Trinajstić information content (AvgIpc) is 2.63. The first-order valence-corrected chi connectivity index (χ1v) is 10.3. The van der Waals surface area contributed by atoms with Gasteiger partial charge < -0.3 is 5.11 Å². The van der Waals surface area contributed by atoms with Gasteiger partial charge in [0.25, 0.3) is 0 Å². The van der Waals surface area contributed by atoms with E-state index < -0.39 is 10.0 Å².